The molecule has 3 heteroatoms. The van der Waals surface area contributed by atoms with E-state index in [4.69, 9.17) is 4.74 Å². The SMILES string of the molecule is [Na+].[O-]CC1CCCO1. The van der Waals surface area contributed by atoms with Crippen molar-refractivity contribution in [2.24, 2.45) is 0 Å². The van der Waals surface area contributed by atoms with Gasteiger partial charge in [-0.2, -0.15) is 0 Å². The smallest absolute Gasteiger partial charge is 0.853 e. The maximum Gasteiger partial charge on any atom is 1.00 e. The Morgan fingerprint density at radius 3 is 2.62 bits per heavy atom. The van der Waals surface area contributed by atoms with Gasteiger partial charge in [-0.25, -0.2) is 0 Å². The maximum atomic E-state index is 10.0. The van der Waals surface area contributed by atoms with Crippen LogP contribution in [0.25, 0.3) is 0 Å². The van der Waals surface area contributed by atoms with E-state index in [1.54, 1.807) is 0 Å². The van der Waals surface area contributed by atoms with Crippen LogP contribution in [0.5, 0.6) is 0 Å². The van der Waals surface area contributed by atoms with Crippen LogP contribution in [0.15, 0.2) is 0 Å². The molecule has 8 heavy (non-hydrogen) atoms. The third kappa shape index (κ3) is 2.46. The van der Waals surface area contributed by atoms with Crippen molar-refractivity contribution >= 4 is 0 Å². The van der Waals surface area contributed by atoms with Crippen molar-refractivity contribution in [2.45, 2.75) is 18.9 Å². The van der Waals surface area contributed by atoms with Crippen LogP contribution >= 0.6 is 0 Å². The van der Waals surface area contributed by atoms with E-state index in [9.17, 15) is 5.11 Å². The first-order chi connectivity index (χ1) is 3.43. The Hall–Kier alpha value is 0.920. The van der Waals surface area contributed by atoms with Gasteiger partial charge in [-0.15, -0.1) is 6.61 Å². The summed E-state index contributed by atoms with van der Waals surface area (Å²) in [7, 11) is 0. The third-order valence-corrected chi connectivity index (χ3v) is 1.21. The Kier molecular flexibility index (Phi) is 5.31. The monoisotopic (exact) mass is 124 g/mol. The van der Waals surface area contributed by atoms with Crippen LogP contribution in [0.4, 0.5) is 0 Å². The largest absolute Gasteiger partial charge is 1.00 e. The second kappa shape index (κ2) is 4.77. The quantitative estimate of drug-likeness (QED) is 0.340. The van der Waals surface area contributed by atoms with Crippen LogP contribution in [-0.4, -0.2) is 19.3 Å². The zero-order chi connectivity index (χ0) is 5.11. The summed E-state index contributed by atoms with van der Waals surface area (Å²) in [6.07, 6.45) is 2.09. The fourth-order valence-corrected chi connectivity index (χ4v) is 0.776. The van der Waals surface area contributed by atoms with Crippen LogP contribution in [-0.2, 0) is 4.74 Å². The van der Waals surface area contributed by atoms with Crippen LogP contribution in [0, 0.1) is 0 Å². The minimum atomic E-state index is -0.0556. The minimum Gasteiger partial charge on any atom is -0.853 e. The van der Waals surface area contributed by atoms with E-state index in [0.29, 0.717) is 0 Å². The van der Waals surface area contributed by atoms with Crippen molar-refractivity contribution in [1.82, 2.24) is 0 Å². The summed E-state index contributed by atoms with van der Waals surface area (Å²) in [5.74, 6) is 0. The average Bonchev–Trinajstić information content (AvgIpc) is 2.14. The maximum absolute atomic E-state index is 10.0. The van der Waals surface area contributed by atoms with Crippen molar-refractivity contribution in [3.05, 3.63) is 0 Å². The van der Waals surface area contributed by atoms with Gasteiger partial charge in [0.1, 0.15) is 0 Å². The van der Waals surface area contributed by atoms with Gasteiger partial charge in [0.15, 0.2) is 0 Å². The molecule has 0 spiro atoms. The van der Waals surface area contributed by atoms with E-state index in [2.05, 4.69) is 0 Å². The fraction of sp³-hybridized carbons (Fsp3) is 1.00. The molecule has 0 bridgehead atoms. The summed E-state index contributed by atoms with van der Waals surface area (Å²) < 4.78 is 4.99. The van der Waals surface area contributed by atoms with Gasteiger partial charge in [-0.1, -0.05) is 0 Å². The van der Waals surface area contributed by atoms with Gasteiger partial charge in [-0.05, 0) is 12.8 Å². The molecule has 0 amide bonds. The van der Waals surface area contributed by atoms with Crippen molar-refractivity contribution in [1.29, 1.82) is 0 Å². The van der Waals surface area contributed by atoms with Crippen LogP contribution in [0.1, 0.15) is 12.8 Å². The predicted octanol–water partition coefficient (Wildman–Crippen LogP) is -3.47. The van der Waals surface area contributed by atoms with Gasteiger partial charge < -0.3 is 9.84 Å². The summed E-state index contributed by atoms with van der Waals surface area (Å²) >= 11 is 0. The predicted molar refractivity (Wildman–Crippen MR) is 23.8 cm³/mol. The van der Waals surface area contributed by atoms with E-state index >= 15 is 0 Å². The summed E-state index contributed by atoms with van der Waals surface area (Å²) in [6.45, 7) is 0.743. The van der Waals surface area contributed by atoms with E-state index in [-0.39, 0.29) is 42.3 Å². The molecule has 1 fully saturated rings. The molecule has 1 aliphatic rings. The molecule has 0 aromatic carbocycles. The first-order valence-electron chi connectivity index (χ1n) is 2.63. The van der Waals surface area contributed by atoms with Crippen molar-refractivity contribution < 1.29 is 39.4 Å². The number of ether oxygens (including phenoxy) is 1. The molecule has 1 atom stereocenters. The van der Waals surface area contributed by atoms with Crippen LogP contribution in [0.3, 0.4) is 0 Å². The Labute approximate surface area is 71.5 Å². The molecule has 42 valence electrons. The fourth-order valence-electron chi connectivity index (χ4n) is 0.776. The van der Waals surface area contributed by atoms with Crippen molar-refractivity contribution in [3.8, 4) is 0 Å². The summed E-state index contributed by atoms with van der Waals surface area (Å²) in [4.78, 5) is 0. The van der Waals surface area contributed by atoms with Gasteiger partial charge in [0.05, 0.1) is 0 Å². The van der Waals surface area contributed by atoms with E-state index in [1.165, 1.54) is 0 Å². The zero-order valence-corrected chi connectivity index (χ0v) is 7.22. The molecule has 0 N–H and O–H groups in total. The van der Waals surface area contributed by atoms with Crippen LogP contribution in [0.2, 0.25) is 0 Å². The van der Waals surface area contributed by atoms with Gasteiger partial charge in [0.2, 0.25) is 0 Å². The third-order valence-electron chi connectivity index (χ3n) is 1.21. The second-order valence-electron chi connectivity index (χ2n) is 1.80. The Bertz CT molecular complexity index is 52.4. The molecule has 0 aromatic heterocycles. The number of hydrogen-bond acceptors (Lipinski definition) is 2. The Balaban J connectivity index is 0.000000490. The topological polar surface area (TPSA) is 32.3 Å². The molecule has 1 heterocycles. The van der Waals surface area contributed by atoms with Gasteiger partial charge in [-0.3, -0.25) is 0 Å². The molecule has 1 rings (SSSR count). The summed E-state index contributed by atoms with van der Waals surface area (Å²) in [5, 5.41) is 10.0. The second-order valence-corrected chi connectivity index (χ2v) is 1.80. The van der Waals surface area contributed by atoms with E-state index in [0.717, 1.165) is 19.4 Å². The first-order valence-corrected chi connectivity index (χ1v) is 2.63. The zero-order valence-electron chi connectivity index (χ0n) is 5.22. The normalized spacial score (nSPS) is 27.4. The van der Waals surface area contributed by atoms with E-state index < -0.39 is 0 Å². The molecule has 1 unspecified atom stereocenters. The molecule has 0 aromatic rings. The molecule has 1 saturated heterocycles. The van der Waals surface area contributed by atoms with Gasteiger partial charge >= 0.3 is 29.6 Å². The molecular weight excluding hydrogens is 115 g/mol. The summed E-state index contributed by atoms with van der Waals surface area (Å²) in [5.41, 5.74) is 0. The molecule has 1 aliphatic heterocycles. The molecule has 2 nitrogen and oxygen atoms in total. The van der Waals surface area contributed by atoms with Gasteiger partial charge in [0.25, 0.3) is 0 Å². The van der Waals surface area contributed by atoms with Gasteiger partial charge in [0, 0.05) is 12.7 Å². The Morgan fingerprint density at radius 1 is 1.62 bits per heavy atom. The Morgan fingerprint density at radius 2 is 2.38 bits per heavy atom. The van der Waals surface area contributed by atoms with E-state index in [1.807, 2.05) is 0 Å². The summed E-state index contributed by atoms with van der Waals surface area (Å²) in [6, 6.07) is 0. The number of hydrogen-bond donors (Lipinski definition) is 0. The first kappa shape index (κ1) is 8.92. The van der Waals surface area contributed by atoms with Crippen molar-refractivity contribution in [3.63, 3.8) is 0 Å². The molecule has 0 aliphatic carbocycles. The molecular formula is C5H9NaO2. The molecule has 0 saturated carbocycles. The number of rotatable bonds is 1. The average molecular weight is 124 g/mol. The van der Waals surface area contributed by atoms with Crippen molar-refractivity contribution in [2.75, 3.05) is 13.2 Å². The minimum absolute atomic E-state index is 0. The van der Waals surface area contributed by atoms with Crippen LogP contribution < -0.4 is 34.7 Å². The molecule has 0 radical (unpaired) electrons. The standard InChI is InChI=1S/C5H9O2.Na/c6-4-5-2-1-3-7-5;/h5H,1-4H2;/q-1;+1.